The van der Waals surface area contributed by atoms with Crippen LogP contribution < -0.4 is 10.1 Å². The normalized spacial score (nSPS) is 11.2. The molecule has 0 atom stereocenters. The molecule has 0 unspecified atom stereocenters. The molecule has 0 aliphatic rings. The molecule has 1 heterocycles. The number of rotatable bonds is 4. The summed E-state index contributed by atoms with van der Waals surface area (Å²) in [7, 11) is 3.68. The molecule has 0 aliphatic heterocycles. The van der Waals surface area contributed by atoms with E-state index in [4.69, 9.17) is 21.3 Å². The summed E-state index contributed by atoms with van der Waals surface area (Å²) in [5.74, 6) is 1.45. The first kappa shape index (κ1) is 20.3. The van der Waals surface area contributed by atoms with Gasteiger partial charge in [-0.15, -0.1) is 0 Å². The van der Waals surface area contributed by atoms with E-state index in [1.165, 1.54) is 27.8 Å². The number of fused-ring (bicyclic) bond motifs is 1. The minimum atomic E-state index is 0.646. The zero-order valence-electron chi connectivity index (χ0n) is 18.2. The first-order chi connectivity index (χ1) is 14.3. The fourth-order valence-corrected chi connectivity index (χ4v) is 4.60. The highest BCUT2D eigenvalue weighted by Crippen LogP contribution is 2.37. The van der Waals surface area contributed by atoms with Crippen molar-refractivity contribution in [3.63, 3.8) is 0 Å². The van der Waals surface area contributed by atoms with Crippen molar-refractivity contribution >= 4 is 34.3 Å². The van der Waals surface area contributed by atoms with Gasteiger partial charge in [0.25, 0.3) is 0 Å². The maximum Gasteiger partial charge on any atom is 0.208 e. The third kappa shape index (κ3) is 3.41. The number of imidazole rings is 1. The summed E-state index contributed by atoms with van der Waals surface area (Å²) in [6.45, 7) is 8.49. The number of para-hydroxylation sites is 1. The van der Waals surface area contributed by atoms with Crippen molar-refractivity contribution in [2.75, 3.05) is 12.4 Å². The Hall–Kier alpha value is -2.98. The number of nitrogens with zero attached hydrogens (tertiary/aromatic N) is 2. The highest BCUT2D eigenvalue weighted by molar-refractivity contribution is 6.31. The Balaban J connectivity index is 1.89. The molecular formula is C25H26ClN3O. The van der Waals surface area contributed by atoms with Gasteiger partial charge >= 0.3 is 0 Å². The predicted octanol–water partition coefficient (Wildman–Crippen LogP) is 6.88. The Morgan fingerprint density at radius 2 is 1.67 bits per heavy atom. The van der Waals surface area contributed by atoms with Gasteiger partial charge in [-0.25, -0.2) is 4.98 Å². The molecule has 0 fully saturated rings. The summed E-state index contributed by atoms with van der Waals surface area (Å²) in [5.41, 5.74) is 10.2. The van der Waals surface area contributed by atoms with Crippen LogP contribution in [0.2, 0.25) is 5.02 Å². The molecule has 0 bridgehead atoms. The summed E-state index contributed by atoms with van der Waals surface area (Å²) in [4.78, 5) is 4.87. The van der Waals surface area contributed by atoms with E-state index < -0.39 is 0 Å². The monoisotopic (exact) mass is 419 g/mol. The Morgan fingerprint density at radius 3 is 2.33 bits per heavy atom. The van der Waals surface area contributed by atoms with Crippen LogP contribution in [0.4, 0.5) is 11.6 Å². The SMILES string of the molecule is COc1cc(Cl)cc(C)c1Nc1nc2cccc(-c3c(C)cc(C)cc3C)c2n1C. The van der Waals surface area contributed by atoms with Crippen LogP contribution in [0.3, 0.4) is 0 Å². The number of halogens is 1. The van der Waals surface area contributed by atoms with Crippen molar-refractivity contribution in [3.8, 4) is 16.9 Å². The predicted molar refractivity (Wildman–Crippen MR) is 126 cm³/mol. The van der Waals surface area contributed by atoms with Crippen LogP contribution in [0.15, 0.2) is 42.5 Å². The molecule has 0 saturated carbocycles. The minimum Gasteiger partial charge on any atom is -0.495 e. The van der Waals surface area contributed by atoms with E-state index in [1.54, 1.807) is 7.11 Å². The molecule has 1 N–H and O–H groups in total. The molecule has 0 amide bonds. The molecule has 4 aromatic rings. The Morgan fingerprint density at radius 1 is 0.967 bits per heavy atom. The Bertz CT molecular complexity index is 1250. The van der Waals surface area contributed by atoms with Crippen molar-refractivity contribution < 1.29 is 4.74 Å². The molecule has 1 aromatic heterocycles. The van der Waals surface area contributed by atoms with Crippen molar-refractivity contribution in [1.82, 2.24) is 9.55 Å². The van der Waals surface area contributed by atoms with Gasteiger partial charge in [-0.3, -0.25) is 0 Å². The third-order valence-corrected chi connectivity index (χ3v) is 5.78. The number of hydrogen-bond acceptors (Lipinski definition) is 3. The van der Waals surface area contributed by atoms with Crippen molar-refractivity contribution in [2.24, 2.45) is 7.05 Å². The summed E-state index contributed by atoms with van der Waals surface area (Å²) in [5, 5.41) is 4.11. The lowest BCUT2D eigenvalue weighted by atomic mass is 9.93. The Kier molecular flexibility index (Phi) is 5.20. The number of ether oxygens (including phenoxy) is 1. The summed E-state index contributed by atoms with van der Waals surface area (Å²) < 4.78 is 7.65. The molecule has 30 heavy (non-hydrogen) atoms. The van der Waals surface area contributed by atoms with Crippen LogP contribution in [0.25, 0.3) is 22.2 Å². The van der Waals surface area contributed by atoms with E-state index in [1.807, 2.05) is 26.1 Å². The first-order valence-electron chi connectivity index (χ1n) is 9.95. The largest absolute Gasteiger partial charge is 0.495 e. The third-order valence-electron chi connectivity index (χ3n) is 5.56. The van der Waals surface area contributed by atoms with Gasteiger partial charge in [-0.1, -0.05) is 41.4 Å². The van der Waals surface area contributed by atoms with E-state index in [2.05, 4.69) is 61.0 Å². The lowest BCUT2D eigenvalue weighted by Crippen LogP contribution is -2.03. The molecule has 3 aromatic carbocycles. The number of methoxy groups -OCH3 is 1. The summed E-state index contributed by atoms with van der Waals surface area (Å²) >= 11 is 6.20. The van der Waals surface area contributed by atoms with Crippen LogP contribution in [-0.2, 0) is 7.05 Å². The van der Waals surface area contributed by atoms with Crippen LogP contribution in [-0.4, -0.2) is 16.7 Å². The number of aromatic nitrogens is 2. The van der Waals surface area contributed by atoms with Gasteiger partial charge in [-0.05, 0) is 62.1 Å². The van der Waals surface area contributed by atoms with E-state index in [0.29, 0.717) is 10.8 Å². The number of benzene rings is 3. The van der Waals surface area contributed by atoms with Crippen molar-refractivity contribution in [3.05, 3.63) is 69.7 Å². The second-order valence-corrected chi connectivity index (χ2v) is 8.30. The average molecular weight is 420 g/mol. The average Bonchev–Trinajstić information content (AvgIpc) is 2.99. The van der Waals surface area contributed by atoms with Gasteiger partial charge in [0.15, 0.2) is 0 Å². The van der Waals surface area contributed by atoms with Crippen molar-refractivity contribution in [1.29, 1.82) is 0 Å². The van der Waals surface area contributed by atoms with E-state index in [0.717, 1.165) is 28.2 Å². The zero-order chi connectivity index (χ0) is 21.6. The summed E-state index contributed by atoms with van der Waals surface area (Å²) in [6.07, 6.45) is 0. The lowest BCUT2D eigenvalue weighted by Gasteiger charge is -2.15. The van der Waals surface area contributed by atoms with Gasteiger partial charge in [-0.2, -0.15) is 0 Å². The molecule has 5 heteroatoms. The van der Waals surface area contributed by atoms with Gasteiger partial charge in [0.2, 0.25) is 5.95 Å². The van der Waals surface area contributed by atoms with Crippen LogP contribution in [0, 0.1) is 27.7 Å². The van der Waals surface area contributed by atoms with E-state index in [-0.39, 0.29) is 0 Å². The van der Waals surface area contributed by atoms with Crippen molar-refractivity contribution in [2.45, 2.75) is 27.7 Å². The fourth-order valence-electron chi connectivity index (χ4n) is 4.33. The second kappa shape index (κ2) is 7.69. The molecule has 154 valence electrons. The lowest BCUT2D eigenvalue weighted by molar-refractivity contribution is 0.416. The molecule has 0 spiro atoms. The second-order valence-electron chi connectivity index (χ2n) is 7.87. The van der Waals surface area contributed by atoms with Gasteiger partial charge in [0.1, 0.15) is 5.75 Å². The fraction of sp³-hybridized carbons (Fsp3) is 0.240. The van der Waals surface area contributed by atoms with Crippen LogP contribution >= 0.6 is 11.6 Å². The van der Waals surface area contributed by atoms with E-state index in [9.17, 15) is 0 Å². The molecule has 0 saturated heterocycles. The zero-order valence-corrected chi connectivity index (χ0v) is 19.0. The van der Waals surface area contributed by atoms with E-state index >= 15 is 0 Å². The quantitative estimate of drug-likeness (QED) is 0.392. The highest BCUT2D eigenvalue weighted by atomic mass is 35.5. The van der Waals surface area contributed by atoms with Crippen LogP contribution in [0.5, 0.6) is 5.75 Å². The topological polar surface area (TPSA) is 39.1 Å². The van der Waals surface area contributed by atoms with Crippen LogP contribution in [0.1, 0.15) is 22.3 Å². The molecule has 0 radical (unpaired) electrons. The summed E-state index contributed by atoms with van der Waals surface area (Å²) in [6, 6.07) is 14.5. The Labute approximate surface area is 182 Å². The standard InChI is InChI=1S/C25H26ClN3O/c1-14-10-15(2)22(16(3)11-14)19-8-7-9-20-24(19)29(5)25(27-20)28-23-17(4)12-18(26)13-21(23)30-6/h7-13H,1-6H3,(H,27,28). The number of aryl methyl sites for hydroxylation is 5. The smallest absolute Gasteiger partial charge is 0.208 e. The molecule has 4 rings (SSSR count). The molecule has 0 aliphatic carbocycles. The highest BCUT2D eigenvalue weighted by Gasteiger charge is 2.17. The number of anilines is 2. The van der Waals surface area contributed by atoms with Gasteiger partial charge < -0.3 is 14.6 Å². The number of hydrogen-bond donors (Lipinski definition) is 1. The van der Waals surface area contributed by atoms with Gasteiger partial charge in [0, 0.05) is 23.7 Å². The minimum absolute atomic E-state index is 0.646. The number of nitrogens with one attached hydrogen (secondary N) is 1. The maximum atomic E-state index is 6.20. The maximum absolute atomic E-state index is 6.20. The first-order valence-corrected chi connectivity index (χ1v) is 10.3. The molecular weight excluding hydrogens is 394 g/mol. The molecule has 4 nitrogen and oxygen atoms in total. The van der Waals surface area contributed by atoms with Gasteiger partial charge in [0.05, 0.1) is 23.8 Å².